The highest BCUT2D eigenvalue weighted by Crippen LogP contribution is 2.47. The normalized spacial score (nSPS) is 20.2. The smallest absolute Gasteiger partial charge is 0.240 e. The largest absolute Gasteiger partial charge is 0.352 e. The zero-order valence-corrected chi connectivity index (χ0v) is 12.5. The fraction of sp³-hybridized carbons (Fsp3) is 0.529. The third-order valence-corrected chi connectivity index (χ3v) is 4.68. The van der Waals surface area contributed by atoms with Crippen LogP contribution in [0.4, 0.5) is 10.1 Å². The van der Waals surface area contributed by atoms with Gasteiger partial charge in [-0.15, -0.1) is 0 Å². The molecule has 0 bridgehead atoms. The highest BCUT2D eigenvalue weighted by Gasteiger charge is 2.56. The summed E-state index contributed by atoms with van der Waals surface area (Å²) in [4.78, 5) is 24.8. The maximum absolute atomic E-state index is 13.6. The lowest BCUT2D eigenvalue weighted by molar-refractivity contribution is -0.135. The molecule has 0 aliphatic heterocycles. The van der Waals surface area contributed by atoms with E-state index < -0.39 is 17.1 Å². The molecule has 2 aliphatic rings. The molecule has 0 unspecified atom stereocenters. The van der Waals surface area contributed by atoms with Crippen molar-refractivity contribution in [1.82, 2.24) is 5.32 Å². The van der Waals surface area contributed by atoms with Gasteiger partial charge in [0.15, 0.2) is 0 Å². The first-order valence-corrected chi connectivity index (χ1v) is 7.99. The van der Waals surface area contributed by atoms with Crippen molar-refractivity contribution in [3.05, 3.63) is 30.1 Å². The second-order valence-corrected chi connectivity index (χ2v) is 6.32. The topological polar surface area (TPSA) is 58.2 Å². The zero-order chi connectivity index (χ0) is 15.6. The number of amides is 2. The van der Waals surface area contributed by atoms with Gasteiger partial charge in [0.25, 0.3) is 0 Å². The molecule has 4 nitrogen and oxygen atoms in total. The number of carbonyl (C=O) groups is 2. The molecular formula is C17H21FN2O2. The second-order valence-electron chi connectivity index (χ2n) is 6.32. The van der Waals surface area contributed by atoms with Crippen LogP contribution < -0.4 is 10.6 Å². The summed E-state index contributed by atoms with van der Waals surface area (Å²) >= 11 is 0. The number of rotatable bonds is 4. The molecule has 0 heterocycles. The highest BCUT2D eigenvalue weighted by atomic mass is 19.1. The number of halogens is 1. The zero-order valence-electron chi connectivity index (χ0n) is 12.5. The van der Waals surface area contributed by atoms with E-state index in [9.17, 15) is 14.0 Å². The molecule has 2 amide bonds. The van der Waals surface area contributed by atoms with Crippen molar-refractivity contribution in [1.29, 1.82) is 0 Å². The average Bonchev–Trinajstić information content (AvgIpc) is 3.32. The maximum Gasteiger partial charge on any atom is 0.240 e. The predicted octanol–water partition coefficient (Wildman–Crippen LogP) is 2.99. The molecule has 2 aliphatic carbocycles. The van der Waals surface area contributed by atoms with Gasteiger partial charge in [0.2, 0.25) is 11.8 Å². The van der Waals surface area contributed by atoms with E-state index in [2.05, 4.69) is 10.6 Å². The van der Waals surface area contributed by atoms with E-state index >= 15 is 0 Å². The maximum atomic E-state index is 13.6. The first-order chi connectivity index (χ1) is 10.6. The molecule has 0 radical (unpaired) electrons. The van der Waals surface area contributed by atoms with Crippen LogP contribution in [0.1, 0.15) is 44.9 Å². The second kappa shape index (κ2) is 6.07. The quantitative estimate of drug-likeness (QED) is 0.840. The Morgan fingerprint density at radius 2 is 1.73 bits per heavy atom. The number of hydrogen-bond donors (Lipinski definition) is 2. The van der Waals surface area contributed by atoms with Gasteiger partial charge in [-0.3, -0.25) is 9.59 Å². The molecule has 2 saturated carbocycles. The van der Waals surface area contributed by atoms with Crippen LogP contribution in [-0.4, -0.2) is 17.9 Å². The van der Waals surface area contributed by atoms with Gasteiger partial charge in [0, 0.05) is 6.04 Å². The number of anilines is 1. The van der Waals surface area contributed by atoms with Crippen molar-refractivity contribution in [2.45, 2.75) is 51.0 Å². The van der Waals surface area contributed by atoms with E-state index in [4.69, 9.17) is 0 Å². The minimum absolute atomic E-state index is 0.129. The Kier molecular flexibility index (Phi) is 4.14. The van der Waals surface area contributed by atoms with Gasteiger partial charge >= 0.3 is 0 Å². The van der Waals surface area contributed by atoms with E-state index in [-0.39, 0.29) is 17.6 Å². The molecule has 0 saturated heterocycles. The first-order valence-electron chi connectivity index (χ1n) is 7.99. The summed E-state index contributed by atoms with van der Waals surface area (Å²) in [6.45, 7) is 0. The van der Waals surface area contributed by atoms with Crippen molar-refractivity contribution in [3.63, 3.8) is 0 Å². The Hall–Kier alpha value is -1.91. The molecule has 1 aromatic carbocycles. The van der Waals surface area contributed by atoms with E-state index in [1.165, 1.54) is 18.6 Å². The number of carbonyl (C=O) groups excluding carboxylic acids is 2. The molecule has 3 rings (SSSR count). The standard InChI is InChI=1S/C17H21FN2O2/c18-13-8-4-5-9-14(13)20-16(22)17(10-11-17)15(21)19-12-6-2-1-3-7-12/h4-5,8-9,12H,1-3,6-7,10-11H2,(H,19,21)(H,20,22). The molecule has 0 spiro atoms. The van der Waals surface area contributed by atoms with Crippen LogP contribution in [0.15, 0.2) is 24.3 Å². The molecule has 1 aromatic rings. The predicted molar refractivity (Wildman–Crippen MR) is 81.7 cm³/mol. The monoisotopic (exact) mass is 304 g/mol. The van der Waals surface area contributed by atoms with Crippen molar-refractivity contribution >= 4 is 17.5 Å². The average molecular weight is 304 g/mol. The van der Waals surface area contributed by atoms with Crippen molar-refractivity contribution in [2.75, 3.05) is 5.32 Å². The van der Waals surface area contributed by atoms with Gasteiger partial charge in [-0.1, -0.05) is 31.4 Å². The molecule has 2 fully saturated rings. The van der Waals surface area contributed by atoms with E-state index in [1.54, 1.807) is 12.1 Å². The summed E-state index contributed by atoms with van der Waals surface area (Å²) in [5, 5.41) is 5.57. The summed E-state index contributed by atoms with van der Waals surface area (Å²) in [6.07, 6.45) is 6.50. The van der Waals surface area contributed by atoms with Crippen LogP contribution in [0.3, 0.4) is 0 Å². The van der Waals surface area contributed by atoms with Crippen molar-refractivity contribution < 1.29 is 14.0 Å². The van der Waals surface area contributed by atoms with Crippen LogP contribution in [-0.2, 0) is 9.59 Å². The van der Waals surface area contributed by atoms with E-state index in [1.807, 2.05) is 0 Å². The summed E-state index contributed by atoms with van der Waals surface area (Å²) in [7, 11) is 0. The SMILES string of the molecule is O=C(Nc1ccccc1F)C1(C(=O)NC2CCCCC2)CC1. The molecule has 5 heteroatoms. The van der Waals surface area contributed by atoms with Gasteiger partial charge in [-0.2, -0.15) is 0 Å². The lowest BCUT2D eigenvalue weighted by atomic mass is 9.94. The number of benzene rings is 1. The summed E-state index contributed by atoms with van der Waals surface area (Å²) in [5.74, 6) is -1.08. The lowest BCUT2D eigenvalue weighted by Gasteiger charge is -2.25. The van der Waals surface area contributed by atoms with Crippen LogP contribution >= 0.6 is 0 Å². The number of nitrogens with one attached hydrogen (secondary N) is 2. The molecule has 0 atom stereocenters. The Morgan fingerprint density at radius 3 is 2.36 bits per heavy atom. The first kappa shape index (κ1) is 15.0. The third-order valence-electron chi connectivity index (χ3n) is 4.68. The lowest BCUT2D eigenvalue weighted by Crippen LogP contribution is -2.45. The van der Waals surface area contributed by atoms with Crippen molar-refractivity contribution in [2.24, 2.45) is 5.41 Å². The van der Waals surface area contributed by atoms with Crippen LogP contribution in [0.5, 0.6) is 0 Å². The molecule has 118 valence electrons. The van der Waals surface area contributed by atoms with Gasteiger partial charge in [0.05, 0.1) is 5.69 Å². The molecule has 2 N–H and O–H groups in total. The Balaban J connectivity index is 1.63. The fourth-order valence-electron chi connectivity index (χ4n) is 3.06. The Morgan fingerprint density at radius 1 is 1.05 bits per heavy atom. The molecular weight excluding hydrogens is 283 g/mol. The Labute approximate surface area is 129 Å². The third kappa shape index (κ3) is 2.98. The van der Waals surface area contributed by atoms with E-state index in [0.717, 1.165) is 25.7 Å². The van der Waals surface area contributed by atoms with Gasteiger partial charge in [-0.25, -0.2) is 4.39 Å². The minimum Gasteiger partial charge on any atom is -0.352 e. The molecule has 0 aromatic heterocycles. The summed E-state index contributed by atoms with van der Waals surface area (Å²) in [5.41, 5.74) is -0.871. The van der Waals surface area contributed by atoms with Crippen LogP contribution in [0.2, 0.25) is 0 Å². The molecule has 22 heavy (non-hydrogen) atoms. The van der Waals surface area contributed by atoms with Crippen LogP contribution in [0, 0.1) is 11.2 Å². The minimum atomic E-state index is -1.00. The fourth-order valence-corrected chi connectivity index (χ4v) is 3.06. The van der Waals surface area contributed by atoms with Crippen molar-refractivity contribution in [3.8, 4) is 0 Å². The Bertz CT molecular complexity index is 578. The van der Waals surface area contributed by atoms with Gasteiger partial charge in [0.1, 0.15) is 11.2 Å². The van der Waals surface area contributed by atoms with Gasteiger partial charge < -0.3 is 10.6 Å². The van der Waals surface area contributed by atoms with Gasteiger partial charge in [-0.05, 0) is 37.8 Å². The highest BCUT2D eigenvalue weighted by molar-refractivity contribution is 6.13. The van der Waals surface area contributed by atoms with E-state index in [0.29, 0.717) is 12.8 Å². The number of para-hydroxylation sites is 1. The number of hydrogen-bond acceptors (Lipinski definition) is 2. The van der Waals surface area contributed by atoms with Crippen LogP contribution in [0.25, 0.3) is 0 Å². The summed E-state index contributed by atoms with van der Waals surface area (Å²) < 4.78 is 13.6. The summed E-state index contributed by atoms with van der Waals surface area (Å²) in [6, 6.07) is 6.19.